The van der Waals surface area contributed by atoms with Crippen LogP contribution in [-0.4, -0.2) is 21.4 Å². The van der Waals surface area contributed by atoms with Gasteiger partial charge in [-0.3, -0.25) is 14.0 Å². The number of aromatic carboxylic acids is 1. The lowest BCUT2D eigenvalue weighted by molar-refractivity contribution is 0.0694. The minimum absolute atomic E-state index is 0.156. The summed E-state index contributed by atoms with van der Waals surface area (Å²) in [7, 11) is 0. The number of hydrogen-bond acceptors (Lipinski definition) is 3. The monoisotopic (exact) mass is 380 g/mol. The van der Waals surface area contributed by atoms with Gasteiger partial charge in [0.2, 0.25) is 5.91 Å². The molecule has 4 rings (SSSR count). The number of aromatic nitrogens is 1. The quantitative estimate of drug-likeness (QED) is 0.726. The molecule has 0 radical (unpaired) electrons. The lowest BCUT2D eigenvalue weighted by Gasteiger charge is -2.16. The molecule has 1 aromatic carbocycles. The second-order valence-corrected chi connectivity index (χ2v) is 7.04. The highest BCUT2D eigenvalue weighted by molar-refractivity contribution is 5.93. The molecule has 0 unspecified atom stereocenters. The molecular formula is C21H17FN2O4. The highest BCUT2D eigenvalue weighted by Gasteiger charge is 2.30. The molecule has 1 saturated carbocycles. The zero-order chi connectivity index (χ0) is 20.2. The van der Waals surface area contributed by atoms with Crippen molar-refractivity contribution in [2.45, 2.75) is 25.7 Å². The molecule has 1 amide bonds. The van der Waals surface area contributed by atoms with Crippen LogP contribution in [0.4, 0.5) is 4.39 Å². The Kier molecular flexibility index (Phi) is 4.03. The van der Waals surface area contributed by atoms with E-state index in [1.165, 1.54) is 18.2 Å². The Morgan fingerprint density at radius 2 is 1.86 bits per heavy atom. The summed E-state index contributed by atoms with van der Waals surface area (Å²) in [4.78, 5) is 35.3. The first-order chi connectivity index (χ1) is 13.3. The zero-order valence-electron chi connectivity index (χ0n) is 15.0. The maximum absolute atomic E-state index is 15.0. The largest absolute Gasteiger partial charge is 0.477 e. The number of carbonyl (C=O) groups is 2. The third-order valence-corrected chi connectivity index (χ3v) is 5.18. The van der Waals surface area contributed by atoms with Gasteiger partial charge >= 0.3 is 5.97 Å². The Bertz CT molecular complexity index is 1210. The van der Waals surface area contributed by atoms with Crippen LogP contribution in [0.3, 0.4) is 0 Å². The fraction of sp³-hybridized carbons (Fsp3) is 0.190. The molecule has 0 spiro atoms. The minimum atomic E-state index is -1.33. The molecule has 1 aliphatic carbocycles. The van der Waals surface area contributed by atoms with E-state index >= 15 is 0 Å². The number of nitrogens with zero attached hydrogens (tertiary/aromatic N) is 1. The van der Waals surface area contributed by atoms with Crippen LogP contribution in [0, 0.1) is 12.7 Å². The maximum Gasteiger partial charge on any atom is 0.341 e. The van der Waals surface area contributed by atoms with E-state index in [0.29, 0.717) is 27.8 Å². The molecule has 7 heteroatoms. The van der Waals surface area contributed by atoms with Gasteiger partial charge in [-0.25, -0.2) is 9.18 Å². The third-order valence-electron chi connectivity index (χ3n) is 5.18. The number of halogens is 1. The van der Waals surface area contributed by atoms with Crippen LogP contribution in [0.1, 0.15) is 50.6 Å². The maximum atomic E-state index is 15.0. The van der Waals surface area contributed by atoms with E-state index in [2.05, 4.69) is 0 Å². The van der Waals surface area contributed by atoms with Crippen molar-refractivity contribution < 1.29 is 19.1 Å². The highest BCUT2D eigenvalue weighted by atomic mass is 19.1. The average Bonchev–Trinajstić information content (AvgIpc) is 3.47. The van der Waals surface area contributed by atoms with Crippen LogP contribution in [0.2, 0.25) is 0 Å². The fourth-order valence-corrected chi connectivity index (χ4v) is 3.67. The molecule has 0 bridgehead atoms. The molecule has 0 saturated heterocycles. The summed E-state index contributed by atoms with van der Waals surface area (Å²) in [6, 6.07) is 7.65. The second-order valence-electron chi connectivity index (χ2n) is 7.04. The first kappa shape index (κ1) is 17.9. The molecule has 1 fully saturated rings. The van der Waals surface area contributed by atoms with Crippen LogP contribution in [0.25, 0.3) is 16.6 Å². The fourth-order valence-electron chi connectivity index (χ4n) is 3.67. The Hall–Kier alpha value is -3.48. The first-order valence-electron chi connectivity index (χ1n) is 8.81. The molecule has 0 atom stereocenters. The molecule has 0 aliphatic heterocycles. The van der Waals surface area contributed by atoms with Gasteiger partial charge in [0.15, 0.2) is 0 Å². The van der Waals surface area contributed by atoms with Gasteiger partial charge in [-0.15, -0.1) is 0 Å². The van der Waals surface area contributed by atoms with Gasteiger partial charge in [0.05, 0.1) is 5.52 Å². The molecule has 28 heavy (non-hydrogen) atoms. The summed E-state index contributed by atoms with van der Waals surface area (Å²) in [6.45, 7) is 1.71. The van der Waals surface area contributed by atoms with E-state index in [4.69, 9.17) is 5.73 Å². The van der Waals surface area contributed by atoms with Gasteiger partial charge in [0, 0.05) is 17.3 Å². The molecule has 2 aromatic heterocycles. The van der Waals surface area contributed by atoms with Crippen molar-refractivity contribution >= 4 is 17.4 Å². The van der Waals surface area contributed by atoms with Crippen molar-refractivity contribution in [1.29, 1.82) is 0 Å². The molecule has 1 aliphatic rings. The van der Waals surface area contributed by atoms with Crippen LogP contribution < -0.4 is 11.3 Å². The van der Waals surface area contributed by atoms with Crippen LogP contribution in [0.15, 0.2) is 41.3 Å². The summed E-state index contributed by atoms with van der Waals surface area (Å²) in [5.41, 5.74) is 7.10. The van der Waals surface area contributed by atoms with E-state index in [-0.39, 0.29) is 11.5 Å². The smallest absolute Gasteiger partial charge is 0.341 e. The number of carbonyl (C=O) groups excluding carboxylic acids is 1. The van der Waals surface area contributed by atoms with Crippen molar-refractivity contribution in [3.05, 3.63) is 75.0 Å². The first-order valence-corrected chi connectivity index (χ1v) is 8.81. The molecule has 142 valence electrons. The van der Waals surface area contributed by atoms with Gasteiger partial charge in [-0.05, 0) is 60.6 Å². The normalized spacial score (nSPS) is 13.6. The number of aryl methyl sites for hydroxylation is 1. The Morgan fingerprint density at radius 3 is 2.39 bits per heavy atom. The van der Waals surface area contributed by atoms with Crippen LogP contribution >= 0.6 is 0 Å². The highest BCUT2D eigenvalue weighted by Crippen LogP contribution is 2.43. The molecule has 3 aromatic rings. The summed E-state index contributed by atoms with van der Waals surface area (Å²) in [5, 5.41) is 9.35. The topological polar surface area (TPSA) is 102 Å². The number of carboxylic acid groups (broad SMARTS) is 1. The van der Waals surface area contributed by atoms with Gasteiger partial charge in [0.25, 0.3) is 5.56 Å². The van der Waals surface area contributed by atoms with Crippen molar-refractivity contribution in [3.8, 4) is 11.1 Å². The number of hydrogen-bond donors (Lipinski definition) is 2. The van der Waals surface area contributed by atoms with Crippen molar-refractivity contribution in [2.24, 2.45) is 5.73 Å². The van der Waals surface area contributed by atoms with Crippen LogP contribution in [-0.2, 0) is 0 Å². The average molecular weight is 380 g/mol. The number of benzene rings is 1. The number of rotatable bonds is 4. The standard InChI is InChI=1S/C21H17FN2O4/c1-10-17(12-4-6-13(7-5-12)19(23)25)16(22)9-24-18(10)14(11-2-3-11)8-15(20(24)26)21(27)28/h4-9,11H,2-3H2,1H3,(H2,23,25)(H,27,28). The molecule has 3 N–H and O–H groups in total. The van der Waals surface area contributed by atoms with Gasteiger partial charge in [-0.1, -0.05) is 12.1 Å². The molecule has 2 heterocycles. The number of amides is 1. The number of carboxylic acids is 1. The lowest BCUT2D eigenvalue weighted by Crippen LogP contribution is -2.24. The van der Waals surface area contributed by atoms with E-state index in [1.807, 2.05) is 0 Å². The van der Waals surface area contributed by atoms with Crippen molar-refractivity contribution in [2.75, 3.05) is 0 Å². The Balaban J connectivity index is 2.03. The summed E-state index contributed by atoms with van der Waals surface area (Å²) in [5.74, 6) is -2.40. The zero-order valence-corrected chi connectivity index (χ0v) is 15.0. The molecule has 6 nitrogen and oxygen atoms in total. The lowest BCUT2D eigenvalue weighted by atomic mass is 9.95. The van der Waals surface area contributed by atoms with E-state index in [0.717, 1.165) is 29.0 Å². The Labute approximate surface area is 159 Å². The predicted octanol–water partition coefficient (Wildman–Crippen LogP) is 3.09. The van der Waals surface area contributed by atoms with Gasteiger partial charge in [-0.2, -0.15) is 0 Å². The second kappa shape index (κ2) is 6.30. The van der Waals surface area contributed by atoms with Gasteiger partial charge in [0.1, 0.15) is 11.4 Å². The number of nitrogens with two attached hydrogens (primary N) is 1. The van der Waals surface area contributed by atoms with E-state index < -0.39 is 23.3 Å². The SMILES string of the molecule is Cc1c(-c2ccc(C(N)=O)cc2)c(F)cn2c(=O)c(C(=O)O)cc(C3CC3)c12. The van der Waals surface area contributed by atoms with Gasteiger partial charge < -0.3 is 10.8 Å². The minimum Gasteiger partial charge on any atom is -0.477 e. The van der Waals surface area contributed by atoms with E-state index in [9.17, 15) is 23.9 Å². The summed E-state index contributed by atoms with van der Waals surface area (Å²) < 4.78 is 16.1. The van der Waals surface area contributed by atoms with E-state index in [1.54, 1.807) is 19.1 Å². The van der Waals surface area contributed by atoms with Crippen molar-refractivity contribution in [1.82, 2.24) is 4.40 Å². The number of fused-ring (bicyclic) bond motifs is 1. The number of primary amides is 1. The Morgan fingerprint density at radius 1 is 1.21 bits per heavy atom. The van der Waals surface area contributed by atoms with Crippen molar-refractivity contribution in [3.63, 3.8) is 0 Å². The van der Waals surface area contributed by atoms with Crippen LogP contribution in [0.5, 0.6) is 0 Å². The predicted molar refractivity (Wildman–Crippen MR) is 101 cm³/mol. The molecular weight excluding hydrogens is 363 g/mol. The summed E-state index contributed by atoms with van der Waals surface area (Å²) in [6.07, 6.45) is 2.83. The third kappa shape index (κ3) is 2.76. The summed E-state index contributed by atoms with van der Waals surface area (Å²) >= 11 is 0. The number of pyridine rings is 2.